The molecule has 9 N–H and O–H groups in total. The number of aromatic hydroxyl groups is 1. The fourth-order valence-corrected chi connectivity index (χ4v) is 8.69. The normalized spacial score (nSPS) is 40.1. The highest BCUT2D eigenvalue weighted by Gasteiger charge is 2.80. The van der Waals surface area contributed by atoms with E-state index >= 15 is 0 Å². The molecule has 10 nitrogen and oxygen atoms in total. The number of primary amides is 1. The van der Waals surface area contributed by atoms with E-state index in [1.807, 2.05) is 6.07 Å². The Morgan fingerprint density at radius 1 is 1.05 bits per heavy atom. The second-order valence-electron chi connectivity index (χ2n) is 12.8. The van der Waals surface area contributed by atoms with Crippen LogP contribution in [-0.4, -0.2) is 66.9 Å². The van der Waals surface area contributed by atoms with Gasteiger partial charge in [-0.25, -0.2) is 0 Å². The van der Waals surface area contributed by atoms with E-state index in [9.17, 15) is 39.9 Å². The third-order valence-corrected chi connectivity index (χ3v) is 10.9. The van der Waals surface area contributed by atoms with Crippen LogP contribution in [0, 0.1) is 34.5 Å². The minimum Gasteiger partial charge on any atom is -0.505 e. The van der Waals surface area contributed by atoms with Crippen molar-refractivity contribution in [1.82, 2.24) is 0 Å². The van der Waals surface area contributed by atoms with Gasteiger partial charge in [0.2, 0.25) is 5.91 Å². The largest absolute Gasteiger partial charge is 0.505 e. The van der Waals surface area contributed by atoms with E-state index in [-0.39, 0.29) is 11.3 Å². The number of ketones is 2. The number of nitrogens with two attached hydrogens (primary N) is 2. The number of aliphatic hydroxyl groups excluding tert-OH is 3. The van der Waals surface area contributed by atoms with Gasteiger partial charge in [0.1, 0.15) is 17.8 Å². The van der Waals surface area contributed by atoms with Gasteiger partial charge in [-0.15, -0.1) is 0 Å². The number of aliphatic hydroxyl groups is 4. The molecule has 2 aromatic carbocycles. The first-order valence-electron chi connectivity index (χ1n) is 13.9. The van der Waals surface area contributed by atoms with Crippen LogP contribution in [0.25, 0.3) is 11.1 Å². The number of benzene rings is 2. The molecule has 10 atom stereocenters. The highest BCUT2D eigenvalue weighted by molar-refractivity contribution is 6.10. The average Bonchev–Trinajstić information content (AvgIpc) is 2.90. The summed E-state index contributed by atoms with van der Waals surface area (Å²) in [6.07, 6.45) is -5.40. The smallest absolute Gasteiger partial charge is 0.230 e. The molecule has 0 spiro atoms. The zero-order valence-electron chi connectivity index (χ0n) is 23.7. The van der Waals surface area contributed by atoms with Crippen LogP contribution in [0.15, 0.2) is 36.4 Å². The van der Waals surface area contributed by atoms with Crippen molar-refractivity contribution < 1.29 is 39.9 Å². The predicted molar refractivity (Wildman–Crippen MR) is 149 cm³/mol. The molecule has 220 valence electrons. The van der Waals surface area contributed by atoms with Crippen molar-refractivity contribution in [2.75, 3.05) is 5.73 Å². The molecule has 3 aliphatic carbocycles. The second-order valence-corrected chi connectivity index (χ2v) is 12.8. The number of hydrogen-bond donors (Lipinski definition) is 7. The maximum absolute atomic E-state index is 14.3. The second kappa shape index (κ2) is 9.09. The molecular formula is C31H38N2O8. The third kappa shape index (κ3) is 3.30. The number of amides is 1. The lowest BCUT2D eigenvalue weighted by molar-refractivity contribution is -0.306. The van der Waals surface area contributed by atoms with Crippen molar-refractivity contribution in [3.05, 3.63) is 47.5 Å². The van der Waals surface area contributed by atoms with Gasteiger partial charge in [0.15, 0.2) is 17.2 Å². The van der Waals surface area contributed by atoms with E-state index in [1.165, 1.54) is 6.92 Å². The summed E-state index contributed by atoms with van der Waals surface area (Å²) in [5.74, 6) is -9.47. The van der Waals surface area contributed by atoms with Crippen molar-refractivity contribution in [2.24, 2.45) is 40.2 Å². The maximum atomic E-state index is 14.3. The fraction of sp³-hybridized carbons (Fsp3) is 0.516. The molecule has 41 heavy (non-hydrogen) atoms. The molecule has 2 aromatic rings. The number of carbonyl (C=O) groups excluding carboxylic acids is 3. The van der Waals surface area contributed by atoms with Crippen molar-refractivity contribution in [1.29, 1.82) is 0 Å². The summed E-state index contributed by atoms with van der Waals surface area (Å²) in [5, 5.41) is 59.0. The zero-order valence-corrected chi connectivity index (χ0v) is 23.7. The van der Waals surface area contributed by atoms with E-state index in [2.05, 4.69) is 0 Å². The number of anilines is 1. The number of carbonyl (C=O) groups is 3. The Balaban J connectivity index is 1.80. The molecule has 0 aliphatic heterocycles. The Hall–Kier alpha value is -3.31. The van der Waals surface area contributed by atoms with Crippen LogP contribution < -0.4 is 11.5 Å². The lowest BCUT2D eigenvalue weighted by Crippen LogP contribution is -2.83. The Bertz CT molecular complexity index is 1460. The number of fused-ring (bicyclic) bond motifs is 3. The van der Waals surface area contributed by atoms with Crippen molar-refractivity contribution >= 4 is 23.2 Å². The molecule has 0 heterocycles. The van der Waals surface area contributed by atoms with Crippen LogP contribution in [0.5, 0.6) is 5.75 Å². The predicted octanol–water partition coefficient (Wildman–Crippen LogP) is 1.35. The topological polar surface area (TPSA) is 204 Å². The van der Waals surface area contributed by atoms with E-state index in [4.69, 9.17) is 11.5 Å². The van der Waals surface area contributed by atoms with Gasteiger partial charge in [-0.3, -0.25) is 14.4 Å². The van der Waals surface area contributed by atoms with Crippen LogP contribution in [0.2, 0.25) is 0 Å². The SMILES string of the molecule is CC(C)[C@H]1C(O)C(C(N)=O)C(=O)[C@]2(O)C(O)C3C(=O)c4c(cc(-c5ccccc5)c(N)c4O)[C@@H](C)[C@]3(C)[C@@H](O)[C@]12C. The lowest BCUT2D eigenvalue weighted by atomic mass is 9.36. The zero-order chi connectivity index (χ0) is 30.6. The van der Waals surface area contributed by atoms with Gasteiger partial charge in [-0.1, -0.05) is 65.0 Å². The van der Waals surface area contributed by atoms with Gasteiger partial charge in [-0.2, -0.15) is 0 Å². The summed E-state index contributed by atoms with van der Waals surface area (Å²) < 4.78 is 0. The van der Waals surface area contributed by atoms with E-state index in [0.29, 0.717) is 16.7 Å². The van der Waals surface area contributed by atoms with Gasteiger partial charge >= 0.3 is 0 Å². The number of phenolic OH excluding ortho intramolecular Hbond substituents is 1. The molecule has 2 saturated carbocycles. The molecular weight excluding hydrogens is 528 g/mol. The van der Waals surface area contributed by atoms with Crippen molar-refractivity contribution in [3.63, 3.8) is 0 Å². The molecule has 10 heteroatoms. The molecule has 4 unspecified atom stereocenters. The summed E-state index contributed by atoms with van der Waals surface area (Å²) >= 11 is 0. The highest BCUT2D eigenvalue weighted by atomic mass is 16.4. The van der Waals surface area contributed by atoms with E-state index in [0.717, 1.165) is 0 Å². The summed E-state index contributed by atoms with van der Waals surface area (Å²) in [6.45, 7) is 8.17. The minimum absolute atomic E-state index is 0.0565. The van der Waals surface area contributed by atoms with Gasteiger partial charge < -0.3 is 37.0 Å². The number of rotatable bonds is 3. The fourth-order valence-electron chi connectivity index (χ4n) is 8.69. The summed E-state index contributed by atoms with van der Waals surface area (Å²) in [7, 11) is 0. The lowest BCUT2D eigenvalue weighted by Gasteiger charge is -2.69. The molecule has 1 amide bonds. The van der Waals surface area contributed by atoms with Crippen molar-refractivity contribution in [2.45, 2.75) is 64.4 Å². The van der Waals surface area contributed by atoms with Gasteiger partial charge in [-0.05, 0) is 34.9 Å². The molecule has 0 radical (unpaired) electrons. The summed E-state index contributed by atoms with van der Waals surface area (Å²) in [6, 6.07) is 10.7. The van der Waals surface area contributed by atoms with Crippen LogP contribution in [0.3, 0.4) is 0 Å². The molecule has 2 fully saturated rings. The van der Waals surface area contributed by atoms with Crippen LogP contribution in [-0.2, 0) is 9.59 Å². The first-order valence-corrected chi connectivity index (χ1v) is 13.9. The Morgan fingerprint density at radius 3 is 2.17 bits per heavy atom. The standard InChI is InChI=1S/C31H38N2O8/c1-12(2)19-23(35)18(27(33)39)25(37)31(41)26(38)20-22(34)17-15(13(3)29(20,4)28(40)30(19,31)5)11-16(21(32)24(17)36)14-9-7-6-8-10-14/h6-13,18-20,23,26,28,35-36,38,40-41H,32H2,1-5H3,(H2,33,39)/t13-,18?,19+,20?,23?,26?,28-,29+,30+,31+/m1/s1. The molecule has 5 rings (SSSR count). The number of Topliss-reactive ketones (excluding diaryl/α,β-unsaturated/α-hetero) is 2. The molecule has 0 bridgehead atoms. The van der Waals surface area contributed by atoms with Gasteiger partial charge in [0, 0.05) is 16.4 Å². The van der Waals surface area contributed by atoms with E-state index < -0.39 is 87.6 Å². The number of nitrogen functional groups attached to an aromatic ring is 1. The van der Waals surface area contributed by atoms with Gasteiger partial charge in [0.25, 0.3) is 0 Å². The maximum Gasteiger partial charge on any atom is 0.230 e. The summed E-state index contributed by atoms with van der Waals surface area (Å²) in [4.78, 5) is 40.5. The van der Waals surface area contributed by atoms with Crippen LogP contribution >= 0.6 is 0 Å². The first-order chi connectivity index (χ1) is 19.0. The summed E-state index contributed by atoms with van der Waals surface area (Å²) in [5.41, 5.74) is 6.91. The van der Waals surface area contributed by atoms with Crippen LogP contribution in [0.1, 0.15) is 56.5 Å². The average molecular weight is 567 g/mol. The Morgan fingerprint density at radius 2 is 1.63 bits per heavy atom. The Kier molecular flexibility index (Phi) is 6.47. The number of phenols is 1. The minimum atomic E-state index is -2.83. The first kappa shape index (κ1) is 29.2. The monoisotopic (exact) mass is 566 g/mol. The quantitative estimate of drug-likeness (QED) is 0.162. The molecule has 0 saturated heterocycles. The third-order valence-electron chi connectivity index (χ3n) is 10.9. The van der Waals surface area contributed by atoms with Gasteiger partial charge in [0.05, 0.1) is 29.4 Å². The molecule has 0 aromatic heterocycles. The number of hydrogen-bond acceptors (Lipinski definition) is 9. The Labute approximate surface area is 238 Å². The highest BCUT2D eigenvalue weighted by Crippen LogP contribution is 2.68. The van der Waals surface area contributed by atoms with Crippen molar-refractivity contribution in [3.8, 4) is 16.9 Å². The molecule has 3 aliphatic rings. The van der Waals surface area contributed by atoms with E-state index in [1.54, 1.807) is 58.0 Å². The van der Waals surface area contributed by atoms with Crippen LogP contribution in [0.4, 0.5) is 5.69 Å².